The topological polar surface area (TPSA) is 73.8 Å². The van der Waals surface area contributed by atoms with Crippen LogP contribution in [0, 0.1) is 5.41 Å². The number of nitrogens with one attached hydrogen (secondary N) is 2. The van der Waals surface area contributed by atoms with Crippen molar-refractivity contribution < 1.29 is 8.42 Å². The SMILES string of the molecule is CCNC(=NCC(C)(C)CCS(C)(=O)=O)NC1CCN(c2ccccc2)CC1. The Bertz CT molecular complexity index is 724. The van der Waals surface area contributed by atoms with Gasteiger partial charge in [-0.1, -0.05) is 32.0 Å². The first-order valence-electron chi connectivity index (χ1n) is 10.2. The number of benzene rings is 1. The van der Waals surface area contributed by atoms with Crippen molar-refractivity contribution in [2.75, 3.05) is 43.1 Å². The molecule has 0 spiro atoms. The summed E-state index contributed by atoms with van der Waals surface area (Å²) < 4.78 is 22.9. The largest absolute Gasteiger partial charge is 0.371 e. The fourth-order valence-electron chi connectivity index (χ4n) is 3.27. The Morgan fingerprint density at radius 3 is 2.43 bits per heavy atom. The maximum atomic E-state index is 11.4. The lowest BCUT2D eigenvalue weighted by Gasteiger charge is -2.34. The van der Waals surface area contributed by atoms with Crippen LogP contribution in [0.3, 0.4) is 0 Å². The van der Waals surface area contributed by atoms with Gasteiger partial charge in [-0.3, -0.25) is 4.99 Å². The number of piperidine rings is 1. The van der Waals surface area contributed by atoms with Crippen LogP contribution in [0.25, 0.3) is 0 Å². The van der Waals surface area contributed by atoms with Gasteiger partial charge in [0, 0.05) is 44.2 Å². The molecule has 1 heterocycles. The molecule has 0 amide bonds. The van der Waals surface area contributed by atoms with Crippen LogP contribution in [-0.2, 0) is 9.84 Å². The zero-order valence-corrected chi connectivity index (χ0v) is 18.6. The van der Waals surface area contributed by atoms with E-state index in [1.807, 2.05) is 6.07 Å². The van der Waals surface area contributed by atoms with E-state index in [1.54, 1.807) is 0 Å². The second-order valence-corrected chi connectivity index (χ2v) is 10.7. The molecule has 0 saturated carbocycles. The van der Waals surface area contributed by atoms with Gasteiger partial charge in [0.15, 0.2) is 5.96 Å². The maximum Gasteiger partial charge on any atom is 0.191 e. The number of nitrogens with zero attached hydrogens (tertiary/aromatic N) is 2. The van der Waals surface area contributed by atoms with E-state index < -0.39 is 9.84 Å². The molecule has 0 bridgehead atoms. The standard InChI is InChI=1S/C21H36N4O2S/c1-5-22-20(23-17-21(2,3)13-16-28(4,26)27)24-18-11-14-25(15-12-18)19-9-7-6-8-10-19/h6-10,18H,5,11-17H2,1-4H3,(H2,22,23,24). The molecule has 7 heteroatoms. The summed E-state index contributed by atoms with van der Waals surface area (Å²) in [6.45, 7) is 9.66. The van der Waals surface area contributed by atoms with Gasteiger partial charge >= 0.3 is 0 Å². The van der Waals surface area contributed by atoms with Crippen molar-refractivity contribution in [1.29, 1.82) is 0 Å². The van der Waals surface area contributed by atoms with Crippen molar-refractivity contribution in [2.45, 2.75) is 46.1 Å². The molecule has 0 aliphatic carbocycles. The summed E-state index contributed by atoms with van der Waals surface area (Å²) >= 11 is 0. The molecule has 0 unspecified atom stereocenters. The van der Waals surface area contributed by atoms with E-state index in [1.165, 1.54) is 11.9 Å². The van der Waals surface area contributed by atoms with E-state index in [0.29, 0.717) is 19.0 Å². The number of anilines is 1. The molecule has 6 nitrogen and oxygen atoms in total. The van der Waals surface area contributed by atoms with Crippen LogP contribution < -0.4 is 15.5 Å². The second-order valence-electron chi connectivity index (χ2n) is 8.48. The number of hydrogen-bond acceptors (Lipinski definition) is 4. The molecule has 158 valence electrons. The third-order valence-corrected chi connectivity index (χ3v) is 6.06. The van der Waals surface area contributed by atoms with Gasteiger partial charge in [-0.05, 0) is 43.7 Å². The Labute approximate surface area is 170 Å². The van der Waals surface area contributed by atoms with Crippen LogP contribution in [-0.4, -0.2) is 58.6 Å². The molecule has 1 aliphatic heterocycles. The average Bonchev–Trinajstić information content (AvgIpc) is 2.66. The third kappa shape index (κ3) is 8.09. The first-order valence-corrected chi connectivity index (χ1v) is 12.3. The van der Waals surface area contributed by atoms with E-state index >= 15 is 0 Å². The lowest BCUT2D eigenvalue weighted by Crippen LogP contribution is -2.49. The zero-order valence-electron chi connectivity index (χ0n) is 17.7. The summed E-state index contributed by atoms with van der Waals surface area (Å²) in [5, 5.41) is 6.89. The number of guanidine groups is 1. The van der Waals surface area contributed by atoms with Gasteiger partial charge in [0.05, 0.1) is 5.75 Å². The minimum absolute atomic E-state index is 0.151. The van der Waals surface area contributed by atoms with Crippen LogP contribution in [0.2, 0.25) is 0 Å². The lowest BCUT2D eigenvalue weighted by atomic mass is 9.90. The highest BCUT2D eigenvalue weighted by Crippen LogP contribution is 2.22. The van der Waals surface area contributed by atoms with Crippen LogP contribution in [0.5, 0.6) is 0 Å². The predicted molar refractivity (Wildman–Crippen MR) is 119 cm³/mol. The van der Waals surface area contributed by atoms with Crippen molar-refractivity contribution in [3.8, 4) is 0 Å². The van der Waals surface area contributed by atoms with E-state index in [9.17, 15) is 8.42 Å². The average molecular weight is 409 g/mol. The monoisotopic (exact) mass is 408 g/mol. The summed E-state index contributed by atoms with van der Waals surface area (Å²) in [6, 6.07) is 10.9. The van der Waals surface area contributed by atoms with Gasteiger partial charge in [0.2, 0.25) is 0 Å². The summed E-state index contributed by atoms with van der Waals surface area (Å²) in [6.07, 6.45) is 4.04. The Hall–Kier alpha value is -1.76. The zero-order chi connectivity index (χ0) is 20.6. The molecule has 2 N–H and O–H groups in total. The van der Waals surface area contributed by atoms with Crippen molar-refractivity contribution in [1.82, 2.24) is 10.6 Å². The van der Waals surface area contributed by atoms with Crippen molar-refractivity contribution in [2.24, 2.45) is 10.4 Å². The second kappa shape index (κ2) is 10.1. The van der Waals surface area contributed by atoms with Crippen LogP contribution in [0.1, 0.15) is 40.0 Å². The number of rotatable bonds is 8. The Balaban J connectivity index is 1.87. The van der Waals surface area contributed by atoms with Crippen LogP contribution in [0.4, 0.5) is 5.69 Å². The molecular formula is C21H36N4O2S. The van der Waals surface area contributed by atoms with Gasteiger partial charge in [0.1, 0.15) is 9.84 Å². The van der Waals surface area contributed by atoms with Gasteiger partial charge in [-0.25, -0.2) is 8.42 Å². The molecule has 1 saturated heterocycles. The minimum Gasteiger partial charge on any atom is -0.371 e. The first-order chi connectivity index (χ1) is 13.2. The van der Waals surface area contributed by atoms with Gasteiger partial charge in [-0.15, -0.1) is 0 Å². The van der Waals surface area contributed by atoms with Gasteiger partial charge < -0.3 is 15.5 Å². The number of para-hydroxylation sites is 1. The molecule has 1 aromatic carbocycles. The smallest absolute Gasteiger partial charge is 0.191 e. The lowest BCUT2D eigenvalue weighted by molar-refractivity contribution is 0.364. The fraction of sp³-hybridized carbons (Fsp3) is 0.667. The number of sulfone groups is 1. The molecular weight excluding hydrogens is 372 g/mol. The quantitative estimate of drug-likeness (QED) is 0.511. The highest BCUT2D eigenvalue weighted by molar-refractivity contribution is 7.90. The van der Waals surface area contributed by atoms with Crippen molar-refractivity contribution in [3.63, 3.8) is 0 Å². The molecule has 28 heavy (non-hydrogen) atoms. The Kier molecular flexibility index (Phi) is 8.16. The highest BCUT2D eigenvalue weighted by Gasteiger charge is 2.22. The van der Waals surface area contributed by atoms with E-state index in [0.717, 1.165) is 38.4 Å². The molecule has 0 atom stereocenters. The highest BCUT2D eigenvalue weighted by atomic mass is 32.2. The molecule has 0 radical (unpaired) electrons. The fourth-order valence-corrected chi connectivity index (χ4v) is 4.19. The third-order valence-electron chi connectivity index (χ3n) is 5.12. The van der Waals surface area contributed by atoms with Crippen molar-refractivity contribution >= 4 is 21.5 Å². The van der Waals surface area contributed by atoms with E-state index in [-0.39, 0.29) is 11.2 Å². The van der Waals surface area contributed by atoms with Crippen LogP contribution in [0.15, 0.2) is 35.3 Å². The van der Waals surface area contributed by atoms with Crippen molar-refractivity contribution in [3.05, 3.63) is 30.3 Å². The van der Waals surface area contributed by atoms with E-state index in [2.05, 4.69) is 60.6 Å². The predicted octanol–water partition coefficient (Wildman–Crippen LogP) is 2.67. The molecule has 1 fully saturated rings. The Morgan fingerprint density at radius 2 is 1.86 bits per heavy atom. The first kappa shape index (κ1) is 22.5. The molecule has 2 rings (SSSR count). The summed E-state index contributed by atoms with van der Waals surface area (Å²) in [5.74, 6) is 1.03. The number of aliphatic imine (C=N–C) groups is 1. The maximum absolute atomic E-state index is 11.4. The van der Waals surface area contributed by atoms with E-state index in [4.69, 9.17) is 4.99 Å². The molecule has 0 aromatic heterocycles. The summed E-state index contributed by atoms with van der Waals surface area (Å²) in [4.78, 5) is 7.17. The normalized spacial score (nSPS) is 16.9. The molecule has 1 aromatic rings. The van der Waals surface area contributed by atoms with Gasteiger partial charge in [0.25, 0.3) is 0 Å². The summed E-state index contributed by atoms with van der Waals surface area (Å²) in [5.41, 5.74) is 1.14. The summed E-state index contributed by atoms with van der Waals surface area (Å²) in [7, 11) is -2.94. The minimum atomic E-state index is -2.94. The van der Waals surface area contributed by atoms with Gasteiger partial charge in [-0.2, -0.15) is 0 Å². The number of hydrogen-bond donors (Lipinski definition) is 2. The van der Waals surface area contributed by atoms with Crippen LogP contribution >= 0.6 is 0 Å². The Morgan fingerprint density at radius 1 is 1.21 bits per heavy atom. The molecule has 1 aliphatic rings.